The fourth-order valence-electron chi connectivity index (χ4n) is 2.47. The van der Waals surface area contributed by atoms with E-state index in [-0.39, 0.29) is 12.5 Å². The molecule has 0 atom stereocenters. The Kier molecular flexibility index (Phi) is 5.64. The van der Waals surface area contributed by atoms with E-state index in [0.717, 1.165) is 25.2 Å². The zero-order valence-electron chi connectivity index (χ0n) is 11.9. The van der Waals surface area contributed by atoms with E-state index in [4.69, 9.17) is 5.11 Å². The quantitative estimate of drug-likeness (QED) is 0.883. The third-order valence-electron chi connectivity index (χ3n) is 3.75. The zero-order chi connectivity index (χ0) is 15.2. The van der Waals surface area contributed by atoms with Gasteiger partial charge in [-0.1, -0.05) is 6.07 Å². The molecular weight excluding hydrogens is 278 g/mol. The molecule has 1 aromatic rings. The van der Waals surface area contributed by atoms with Crippen molar-refractivity contribution < 1.29 is 18.7 Å². The Labute approximate surface area is 123 Å². The summed E-state index contributed by atoms with van der Waals surface area (Å²) in [4.78, 5) is 16.0. The number of nitrogens with zero attached hydrogens (tertiary/aromatic N) is 2. The molecule has 21 heavy (non-hydrogen) atoms. The molecule has 0 bridgehead atoms. The Bertz CT molecular complexity index is 489. The van der Waals surface area contributed by atoms with Gasteiger partial charge in [0.15, 0.2) is 11.6 Å². The number of hydrogen-bond donors (Lipinski definition) is 1. The second kappa shape index (κ2) is 7.47. The van der Waals surface area contributed by atoms with Crippen molar-refractivity contribution in [2.75, 3.05) is 39.3 Å². The minimum atomic E-state index is -0.877. The first-order valence-corrected chi connectivity index (χ1v) is 7.15. The van der Waals surface area contributed by atoms with Crippen LogP contribution >= 0.6 is 0 Å². The summed E-state index contributed by atoms with van der Waals surface area (Å²) in [5, 5.41) is 8.87. The smallest absolute Gasteiger partial charge is 0.222 e. The minimum absolute atomic E-state index is 0.0309. The van der Waals surface area contributed by atoms with Crippen molar-refractivity contribution >= 4 is 5.91 Å². The fourth-order valence-corrected chi connectivity index (χ4v) is 2.47. The van der Waals surface area contributed by atoms with Crippen LogP contribution in [0, 0.1) is 11.6 Å². The van der Waals surface area contributed by atoms with Gasteiger partial charge in [0.2, 0.25) is 5.91 Å². The number of amides is 1. The average Bonchev–Trinajstić information content (AvgIpc) is 2.49. The van der Waals surface area contributed by atoms with Crippen LogP contribution in [0.1, 0.15) is 12.0 Å². The Morgan fingerprint density at radius 2 is 1.86 bits per heavy atom. The SMILES string of the molecule is O=C(CCc1ccc(F)c(F)c1)N1CCN(CCO)CC1. The molecular formula is C15H20F2N2O2. The largest absolute Gasteiger partial charge is 0.395 e. The summed E-state index contributed by atoms with van der Waals surface area (Å²) in [6, 6.07) is 3.73. The molecule has 0 aromatic heterocycles. The maximum atomic E-state index is 13.1. The molecule has 0 spiro atoms. The van der Waals surface area contributed by atoms with Crippen molar-refractivity contribution in [1.82, 2.24) is 9.80 Å². The fraction of sp³-hybridized carbons (Fsp3) is 0.533. The maximum absolute atomic E-state index is 13.1. The number of hydrogen-bond acceptors (Lipinski definition) is 3. The molecule has 1 N–H and O–H groups in total. The van der Waals surface area contributed by atoms with E-state index in [1.165, 1.54) is 6.07 Å². The number of carbonyl (C=O) groups is 1. The van der Waals surface area contributed by atoms with Crippen molar-refractivity contribution in [3.63, 3.8) is 0 Å². The van der Waals surface area contributed by atoms with Gasteiger partial charge in [0.1, 0.15) is 0 Å². The van der Waals surface area contributed by atoms with Crippen molar-refractivity contribution in [3.05, 3.63) is 35.4 Å². The predicted octanol–water partition coefficient (Wildman–Crippen LogP) is 1.03. The van der Waals surface area contributed by atoms with Gasteiger partial charge in [0.05, 0.1) is 6.61 Å². The van der Waals surface area contributed by atoms with Gasteiger partial charge in [-0.25, -0.2) is 8.78 Å². The topological polar surface area (TPSA) is 43.8 Å². The van der Waals surface area contributed by atoms with Crippen LogP contribution < -0.4 is 0 Å². The summed E-state index contributed by atoms with van der Waals surface area (Å²) >= 11 is 0. The normalized spacial score (nSPS) is 16.2. The van der Waals surface area contributed by atoms with Crippen LogP contribution in [0.4, 0.5) is 8.78 Å². The minimum Gasteiger partial charge on any atom is -0.395 e. The molecule has 0 unspecified atom stereocenters. The van der Waals surface area contributed by atoms with Gasteiger partial charge < -0.3 is 10.0 Å². The molecule has 1 heterocycles. The Morgan fingerprint density at radius 3 is 2.48 bits per heavy atom. The molecule has 2 rings (SSSR count). The maximum Gasteiger partial charge on any atom is 0.222 e. The van der Waals surface area contributed by atoms with E-state index >= 15 is 0 Å². The molecule has 6 heteroatoms. The second-order valence-corrected chi connectivity index (χ2v) is 5.19. The van der Waals surface area contributed by atoms with Gasteiger partial charge in [-0.15, -0.1) is 0 Å². The predicted molar refractivity (Wildman–Crippen MR) is 74.8 cm³/mol. The second-order valence-electron chi connectivity index (χ2n) is 5.19. The number of aryl methyl sites for hydroxylation is 1. The summed E-state index contributed by atoms with van der Waals surface area (Å²) in [6.07, 6.45) is 0.706. The van der Waals surface area contributed by atoms with Crippen LogP contribution in [0.25, 0.3) is 0 Å². The highest BCUT2D eigenvalue weighted by Gasteiger charge is 2.20. The van der Waals surface area contributed by atoms with Crippen LogP contribution in [0.15, 0.2) is 18.2 Å². The first-order valence-electron chi connectivity index (χ1n) is 7.15. The van der Waals surface area contributed by atoms with E-state index in [1.54, 1.807) is 4.90 Å². The molecule has 116 valence electrons. The van der Waals surface area contributed by atoms with Crippen LogP contribution in [-0.2, 0) is 11.2 Å². The van der Waals surface area contributed by atoms with E-state index < -0.39 is 11.6 Å². The van der Waals surface area contributed by atoms with Crippen LogP contribution in [0.5, 0.6) is 0 Å². The van der Waals surface area contributed by atoms with Gasteiger partial charge in [-0.05, 0) is 24.1 Å². The lowest BCUT2D eigenvalue weighted by Gasteiger charge is -2.34. The monoisotopic (exact) mass is 298 g/mol. The molecule has 0 aliphatic carbocycles. The van der Waals surface area contributed by atoms with E-state index in [9.17, 15) is 13.6 Å². The Balaban J connectivity index is 1.78. The van der Waals surface area contributed by atoms with Crippen molar-refractivity contribution in [2.45, 2.75) is 12.8 Å². The number of rotatable bonds is 5. The lowest BCUT2D eigenvalue weighted by atomic mass is 10.1. The highest BCUT2D eigenvalue weighted by Crippen LogP contribution is 2.12. The van der Waals surface area contributed by atoms with E-state index in [0.29, 0.717) is 38.0 Å². The van der Waals surface area contributed by atoms with Crippen LogP contribution in [0.2, 0.25) is 0 Å². The number of aliphatic hydroxyl groups excluding tert-OH is 1. The average molecular weight is 298 g/mol. The molecule has 1 aliphatic rings. The Morgan fingerprint density at radius 1 is 1.14 bits per heavy atom. The highest BCUT2D eigenvalue weighted by atomic mass is 19.2. The van der Waals surface area contributed by atoms with Gasteiger partial charge >= 0.3 is 0 Å². The molecule has 4 nitrogen and oxygen atoms in total. The third kappa shape index (κ3) is 4.47. The molecule has 1 aromatic carbocycles. The first-order chi connectivity index (χ1) is 10.1. The summed E-state index contributed by atoms with van der Waals surface area (Å²) in [5.74, 6) is -1.72. The first kappa shape index (κ1) is 15.9. The van der Waals surface area contributed by atoms with Crippen molar-refractivity contribution in [3.8, 4) is 0 Å². The molecule has 0 radical (unpaired) electrons. The van der Waals surface area contributed by atoms with Gasteiger partial charge in [-0.3, -0.25) is 9.69 Å². The van der Waals surface area contributed by atoms with E-state index in [1.807, 2.05) is 0 Å². The Hall–Kier alpha value is -1.53. The highest BCUT2D eigenvalue weighted by molar-refractivity contribution is 5.76. The molecule has 1 amide bonds. The standard InChI is InChI=1S/C15H20F2N2O2/c16-13-3-1-12(11-14(13)17)2-4-15(21)19-7-5-18(6-8-19)9-10-20/h1,3,11,20H,2,4-10H2. The van der Waals surface area contributed by atoms with Gasteiger partial charge in [-0.2, -0.15) is 0 Å². The summed E-state index contributed by atoms with van der Waals surface area (Å²) < 4.78 is 25.9. The molecule has 1 saturated heterocycles. The molecule has 1 aliphatic heterocycles. The number of carbonyl (C=O) groups excluding carboxylic acids is 1. The lowest BCUT2D eigenvalue weighted by molar-refractivity contribution is -0.132. The molecule has 0 saturated carbocycles. The summed E-state index contributed by atoms with van der Waals surface area (Å²) in [6.45, 7) is 3.59. The third-order valence-corrected chi connectivity index (χ3v) is 3.75. The summed E-state index contributed by atoms with van der Waals surface area (Å²) in [5.41, 5.74) is 0.626. The van der Waals surface area contributed by atoms with E-state index in [2.05, 4.69) is 4.90 Å². The van der Waals surface area contributed by atoms with Crippen LogP contribution in [0.3, 0.4) is 0 Å². The number of β-amino-alcohol motifs (C(OH)–C–C–N with tert-alkyl or cyclic N) is 1. The number of benzene rings is 1. The van der Waals surface area contributed by atoms with Crippen molar-refractivity contribution in [1.29, 1.82) is 0 Å². The summed E-state index contributed by atoms with van der Waals surface area (Å²) in [7, 11) is 0. The molecule has 1 fully saturated rings. The number of aliphatic hydroxyl groups is 1. The lowest BCUT2D eigenvalue weighted by Crippen LogP contribution is -2.49. The van der Waals surface area contributed by atoms with Crippen LogP contribution in [-0.4, -0.2) is 60.1 Å². The van der Waals surface area contributed by atoms with Gasteiger partial charge in [0, 0.05) is 39.1 Å². The van der Waals surface area contributed by atoms with Gasteiger partial charge in [0.25, 0.3) is 0 Å². The number of piperazine rings is 1. The number of halogens is 2. The zero-order valence-corrected chi connectivity index (χ0v) is 11.9. The van der Waals surface area contributed by atoms with Crippen molar-refractivity contribution in [2.24, 2.45) is 0 Å².